The average Bonchev–Trinajstić information content (AvgIpc) is 3.75. The van der Waals surface area contributed by atoms with Gasteiger partial charge in [-0.1, -0.05) is 94.7 Å². The van der Waals surface area contributed by atoms with Gasteiger partial charge < -0.3 is 10.1 Å². The molecule has 0 spiro atoms. The number of hydrogen-bond acceptors (Lipinski definition) is 9. The van der Waals surface area contributed by atoms with Crippen LogP contribution in [0.1, 0.15) is 52.8 Å². The van der Waals surface area contributed by atoms with E-state index in [-0.39, 0.29) is 27.6 Å². The van der Waals surface area contributed by atoms with Crippen LogP contribution in [0.3, 0.4) is 0 Å². The van der Waals surface area contributed by atoms with Crippen LogP contribution in [0.5, 0.6) is 0 Å². The minimum absolute atomic E-state index is 0.00792. The quantitative estimate of drug-likeness (QED) is 0.0822. The highest BCUT2D eigenvalue weighted by atomic mass is 79.9. The molecular weight excluding hydrogens is 974 g/mol. The van der Waals surface area contributed by atoms with Gasteiger partial charge in [-0.3, -0.25) is 25.0 Å². The molecule has 19 heteroatoms. The van der Waals surface area contributed by atoms with Gasteiger partial charge in [0.1, 0.15) is 40.1 Å². The molecule has 1 aliphatic rings. The van der Waals surface area contributed by atoms with Gasteiger partial charge in [0.2, 0.25) is 0 Å². The maximum absolute atomic E-state index is 13.9. The van der Waals surface area contributed by atoms with Crippen LogP contribution in [0, 0.1) is 23.3 Å². The molecule has 4 aromatic carbocycles. The summed E-state index contributed by atoms with van der Waals surface area (Å²) in [6, 6.07) is 17.4. The Hall–Kier alpha value is -4.82. The molecule has 0 fully saturated rings. The molecule has 2 aromatic heterocycles. The molecule has 0 bridgehead atoms. The minimum Gasteiger partial charge on any atom is -0.464 e. The Bertz CT molecular complexity index is 2510. The van der Waals surface area contributed by atoms with Crippen molar-refractivity contribution < 1.29 is 41.5 Å². The van der Waals surface area contributed by atoms with Crippen molar-refractivity contribution >= 4 is 104 Å². The Labute approximate surface area is 348 Å². The SMILES string of the molecule is COC(=O)c1nc(NC(=O)c2c(F)cccc2F)sc1-c1cc(Br)ccc1CBr.O=C1NCc2ccc(Br)cc2-c2sc(NC(=O)c3c(F)cccc3F)nc21. The second kappa shape index (κ2) is 17.5. The molecule has 0 atom stereocenters. The van der Waals surface area contributed by atoms with Crippen LogP contribution < -0.4 is 16.0 Å². The molecule has 6 aromatic rings. The van der Waals surface area contributed by atoms with Gasteiger partial charge in [0.25, 0.3) is 17.7 Å². The number of hydrogen-bond donors (Lipinski definition) is 3. The standard InChI is InChI=1S/C19H12Br2F2N2O3S.C18H10BrF2N3O2S/c1-28-18(27)15-16(11-7-10(21)6-5-9(11)8-20)29-19(24-15)25-17(26)14-12(22)3-2-4-13(14)23;19-9-5-4-8-7-22-17(26)14-15(10(8)6-9)27-18(23-14)24-16(25)13-11(20)2-1-3-12(13)21/h2-7H,8H2,1H3,(H,24,25,26);1-6H,7H2,(H,22,26)(H,23,24,25). The molecular formula is C37H22Br3F4N5O5S2. The van der Waals surface area contributed by atoms with Crippen LogP contribution in [0.4, 0.5) is 27.8 Å². The van der Waals surface area contributed by atoms with E-state index in [1.54, 1.807) is 6.07 Å². The highest BCUT2D eigenvalue weighted by molar-refractivity contribution is 9.10. The Kier molecular flexibility index (Phi) is 12.8. The fourth-order valence-electron chi connectivity index (χ4n) is 5.30. The Morgan fingerprint density at radius 3 is 1.84 bits per heavy atom. The maximum atomic E-state index is 13.9. The maximum Gasteiger partial charge on any atom is 0.358 e. The first kappa shape index (κ1) is 40.8. The number of amides is 3. The van der Waals surface area contributed by atoms with E-state index in [9.17, 15) is 36.7 Å². The molecule has 1 aliphatic heterocycles. The number of benzene rings is 4. The number of anilines is 2. The fraction of sp³-hybridized carbons (Fsp3) is 0.0811. The van der Waals surface area contributed by atoms with E-state index in [0.29, 0.717) is 27.2 Å². The van der Waals surface area contributed by atoms with Crippen LogP contribution in [-0.2, 0) is 16.6 Å². The number of ether oxygens (including phenoxy) is 1. The van der Waals surface area contributed by atoms with Crippen LogP contribution in [-0.4, -0.2) is 40.8 Å². The monoisotopic (exact) mass is 993 g/mol. The molecule has 0 radical (unpaired) electrons. The summed E-state index contributed by atoms with van der Waals surface area (Å²) in [4.78, 5) is 58.5. The molecule has 3 heterocycles. The summed E-state index contributed by atoms with van der Waals surface area (Å²) >= 11 is 12.3. The Morgan fingerprint density at radius 2 is 1.29 bits per heavy atom. The fourth-order valence-corrected chi connectivity index (χ4v) is 8.52. The summed E-state index contributed by atoms with van der Waals surface area (Å²) in [6.45, 7) is 0.354. The van der Waals surface area contributed by atoms with Gasteiger partial charge in [0, 0.05) is 26.4 Å². The van der Waals surface area contributed by atoms with E-state index in [1.807, 2.05) is 30.3 Å². The van der Waals surface area contributed by atoms with Gasteiger partial charge in [0.05, 0.1) is 16.9 Å². The average molecular weight is 996 g/mol. The molecule has 3 N–H and O–H groups in total. The number of esters is 1. The predicted molar refractivity (Wildman–Crippen MR) is 214 cm³/mol. The largest absolute Gasteiger partial charge is 0.464 e. The zero-order valence-corrected chi connectivity index (χ0v) is 34.6. The minimum atomic E-state index is -1.01. The zero-order valence-electron chi connectivity index (χ0n) is 28.2. The number of halogens is 7. The van der Waals surface area contributed by atoms with E-state index >= 15 is 0 Å². The first-order valence-electron chi connectivity index (χ1n) is 15.8. The number of rotatable bonds is 7. The number of nitrogens with one attached hydrogen (secondary N) is 3. The summed E-state index contributed by atoms with van der Waals surface area (Å²) in [6.07, 6.45) is 0. The molecule has 0 saturated heterocycles. The lowest BCUT2D eigenvalue weighted by Gasteiger charge is -2.07. The number of carbonyl (C=O) groups excluding carboxylic acids is 4. The van der Waals surface area contributed by atoms with Crippen molar-refractivity contribution in [3.05, 3.63) is 139 Å². The van der Waals surface area contributed by atoms with Crippen molar-refractivity contribution in [2.45, 2.75) is 11.9 Å². The van der Waals surface area contributed by atoms with E-state index < -0.39 is 52.2 Å². The zero-order chi connectivity index (χ0) is 40.3. The molecule has 7 rings (SSSR count). The lowest BCUT2D eigenvalue weighted by Crippen LogP contribution is -2.22. The van der Waals surface area contributed by atoms with Gasteiger partial charge in [-0.2, -0.15) is 0 Å². The van der Waals surface area contributed by atoms with Gasteiger partial charge in [-0.05, 0) is 65.2 Å². The number of fused-ring (bicyclic) bond motifs is 3. The van der Waals surface area contributed by atoms with Crippen LogP contribution >= 0.6 is 70.5 Å². The third kappa shape index (κ3) is 8.76. The van der Waals surface area contributed by atoms with Crippen LogP contribution in [0.2, 0.25) is 0 Å². The van der Waals surface area contributed by atoms with Crippen LogP contribution in [0.25, 0.3) is 20.9 Å². The second-order valence-corrected chi connectivity index (χ2v) is 15.8. The summed E-state index contributed by atoms with van der Waals surface area (Å²) in [5.41, 5.74) is 1.98. The molecule has 0 unspecified atom stereocenters. The second-order valence-electron chi connectivity index (χ2n) is 11.4. The van der Waals surface area contributed by atoms with Gasteiger partial charge in [0.15, 0.2) is 16.0 Å². The molecule has 286 valence electrons. The highest BCUT2D eigenvalue weighted by Crippen LogP contribution is 2.40. The number of carbonyl (C=O) groups is 4. The van der Waals surface area contributed by atoms with Gasteiger partial charge in [-0.15, -0.1) is 0 Å². The topological polar surface area (TPSA) is 139 Å². The van der Waals surface area contributed by atoms with Crippen molar-refractivity contribution in [3.63, 3.8) is 0 Å². The van der Waals surface area contributed by atoms with Crippen molar-refractivity contribution in [2.24, 2.45) is 0 Å². The van der Waals surface area contributed by atoms with E-state index in [1.165, 1.54) is 13.2 Å². The van der Waals surface area contributed by atoms with E-state index in [2.05, 4.69) is 73.7 Å². The van der Waals surface area contributed by atoms with Crippen LogP contribution in [0.15, 0.2) is 81.7 Å². The lowest BCUT2D eigenvalue weighted by molar-refractivity contribution is 0.0595. The third-order valence-electron chi connectivity index (χ3n) is 7.89. The molecule has 3 amide bonds. The molecule has 10 nitrogen and oxygen atoms in total. The van der Waals surface area contributed by atoms with Crippen molar-refractivity contribution in [2.75, 3.05) is 17.7 Å². The smallest absolute Gasteiger partial charge is 0.358 e. The normalized spacial score (nSPS) is 11.6. The third-order valence-corrected chi connectivity index (χ3v) is 11.5. The molecule has 0 saturated carbocycles. The molecule has 0 aliphatic carbocycles. The summed E-state index contributed by atoms with van der Waals surface area (Å²) < 4.78 is 61.8. The van der Waals surface area contributed by atoms with E-state index in [4.69, 9.17) is 4.74 Å². The summed E-state index contributed by atoms with van der Waals surface area (Å²) in [5, 5.41) is 8.09. The van der Waals surface area contributed by atoms with Crippen molar-refractivity contribution in [1.82, 2.24) is 15.3 Å². The van der Waals surface area contributed by atoms with Gasteiger partial charge in [-0.25, -0.2) is 32.3 Å². The lowest BCUT2D eigenvalue weighted by atomic mass is 10.1. The van der Waals surface area contributed by atoms with Crippen molar-refractivity contribution in [1.29, 1.82) is 0 Å². The number of thiazole rings is 2. The van der Waals surface area contributed by atoms with E-state index in [0.717, 1.165) is 78.6 Å². The van der Waals surface area contributed by atoms with Gasteiger partial charge >= 0.3 is 5.97 Å². The molecule has 56 heavy (non-hydrogen) atoms. The number of methoxy groups -OCH3 is 1. The summed E-state index contributed by atoms with van der Waals surface area (Å²) in [5.74, 6) is -7.01. The summed E-state index contributed by atoms with van der Waals surface area (Å²) in [7, 11) is 1.21. The first-order chi connectivity index (χ1) is 26.8. The predicted octanol–water partition coefficient (Wildman–Crippen LogP) is 10.1. The Balaban J connectivity index is 0.000000190. The first-order valence-corrected chi connectivity index (χ1v) is 20.2. The highest BCUT2D eigenvalue weighted by Gasteiger charge is 2.28. The number of nitrogens with zero attached hydrogens (tertiary/aromatic N) is 2. The number of aromatic nitrogens is 2. The Morgan fingerprint density at radius 1 is 0.768 bits per heavy atom. The number of alkyl halides is 1. The van der Waals surface area contributed by atoms with Crippen molar-refractivity contribution in [3.8, 4) is 20.9 Å².